The van der Waals surface area contributed by atoms with Crippen LogP contribution < -0.4 is 14.8 Å². The van der Waals surface area contributed by atoms with Crippen LogP contribution in [0.25, 0.3) is 11.1 Å². The van der Waals surface area contributed by atoms with Crippen LogP contribution in [0.4, 0.5) is 5.69 Å². The van der Waals surface area contributed by atoms with Gasteiger partial charge in [-0.15, -0.1) is 0 Å². The summed E-state index contributed by atoms with van der Waals surface area (Å²) in [5.41, 5.74) is 6.07. The number of anilines is 1. The summed E-state index contributed by atoms with van der Waals surface area (Å²) in [6, 6.07) is 23.1. The molecule has 1 aliphatic carbocycles. The second-order valence-corrected chi connectivity index (χ2v) is 8.50. The van der Waals surface area contributed by atoms with Gasteiger partial charge in [0.05, 0.1) is 32.5 Å². The van der Waals surface area contributed by atoms with Crippen molar-refractivity contribution in [2.24, 2.45) is 0 Å². The highest BCUT2D eigenvalue weighted by atomic mass is 16.5. The molecule has 0 radical (unpaired) electrons. The molecule has 0 spiro atoms. The number of rotatable bonds is 6. The summed E-state index contributed by atoms with van der Waals surface area (Å²) in [6.45, 7) is 3.89. The highest BCUT2D eigenvalue weighted by Crippen LogP contribution is 2.46. The summed E-state index contributed by atoms with van der Waals surface area (Å²) in [5.74, 6) is 1.25. The van der Waals surface area contributed by atoms with Gasteiger partial charge in [-0.1, -0.05) is 48.5 Å². The summed E-state index contributed by atoms with van der Waals surface area (Å²) in [6.07, 6.45) is 0. The van der Waals surface area contributed by atoms with E-state index in [4.69, 9.17) is 9.47 Å². The Hall–Kier alpha value is -3.35. The molecule has 1 aliphatic heterocycles. The van der Waals surface area contributed by atoms with E-state index < -0.39 is 0 Å². The molecule has 0 aromatic heterocycles. The molecule has 1 fully saturated rings. The lowest BCUT2D eigenvalue weighted by Gasteiger charge is -2.38. The number of fused-ring (bicyclic) bond motifs is 3. The first-order valence-corrected chi connectivity index (χ1v) is 11.3. The molecule has 0 saturated carbocycles. The van der Waals surface area contributed by atoms with Crippen molar-refractivity contribution in [1.29, 1.82) is 0 Å². The predicted octanol–water partition coefficient (Wildman–Crippen LogP) is 4.03. The molecular weight excluding hydrogens is 414 g/mol. The number of hydrogen-bond donors (Lipinski definition) is 1. The molecule has 0 unspecified atom stereocenters. The number of benzene rings is 3. The molecule has 5 rings (SSSR count). The van der Waals surface area contributed by atoms with Gasteiger partial charge in [0.15, 0.2) is 0 Å². The normalized spacial score (nSPS) is 16.2. The van der Waals surface area contributed by atoms with Crippen molar-refractivity contribution in [3.8, 4) is 22.6 Å². The Labute approximate surface area is 194 Å². The second-order valence-electron chi connectivity index (χ2n) is 8.50. The molecule has 1 amide bonds. The van der Waals surface area contributed by atoms with Crippen molar-refractivity contribution in [2.45, 2.75) is 6.04 Å². The van der Waals surface area contributed by atoms with Crippen LogP contribution in [0.2, 0.25) is 0 Å². The Morgan fingerprint density at radius 3 is 2.12 bits per heavy atom. The molecule has 0 bridgehead atoms. The Balaban J connectivity index is 1.23. The third-order valence-electron chi connectivity index (χ3n) is 6.62. The summed E-state index contributed by atoms with van der Waals surface area (Å²) in [4.78, 5) is 17.5. The summed E-state index contributed by atoms with van der Waals surface area (Å²) in [5, 5.41) is 2.98. The predicted molar refractivity (Wildman–Crippen MR) is 130 cm³/mol. The number of methoxy groups -OCH3 is 2. The summed E-state index contributed by atoms with van der Waals surface area (Å²) in [7, 11) is 3.20. The van der Waals surface area contributed by atoms with Gasteiger partial charge in [0.2, 0.25) is 5.91 Å². The van der Waals surface area contributed by atoms with E-state index in [2.05, 4.69) is 63.6 Å². The van der Waals surface area contributed by atoms with Crippen LogP contribution in [0, 0.1) is 0 Å². The van der Waals surface area contributed by atoms with E-state index in [9.17, 15) is 4.79 Å². The molecule has 3 aromatic rings. The first-order valence-electron chi connectivity index (χ1n) is 11.3. The van der Waals surface area contributed by atoms with E-state index in [-0.39, 0.29) is 11.9 Å². The molecule has 6 nitrogen and oxygen atoms in total. The van der Waals surface area contributed by atoms with Gasteiger partial charge in [0.25, 0.3) is 0 Å². The van der Waals surface area contributed by atoms with Crippen molar-refractivity contribution >= 4 is 11.6 Å². The van der Waals surface area contributed by atoms with Crippen LogP contribution in [0.5, 0.6) is 11.5 Å². The zero-order chi connectivity index (χ0) is 22.8. The average molecular weight is 444 g/mol. The minimum absolute atomic E-state index is 0.0495. The van der Waals surface area contributed by atoms with E-state index in [0.29, 0.717) is 23.7 Å². The highest BCUT2D eigenvalue weighted by Gasteiger charge is 2.34. The lowest BCUT2D eigenvalue weighted by Crippen LogP contribution is -2.49. The molecule has 1 saturated heterocycles. The maximum Gasteiger partial charge on any atom is 0.238 e. The summed E-state index contributed by atoms with van der Waals surface area (Å²) < 4.78 is 10.6. The van der Waals surface area contributed by atoms with Gasteiger partial charge >= 0.3 is 0 Å². The highest BCUT2D eigenvalue weighted by molar-refractivity contribution is 5.94. The molecule has 33 heavy (non-hydrogen) atoms. The number of amides is 1. The maximum atomic E-state index is 12.8. The van der Waals surface area contributed by atoms with Crippen LogP contribution in [0.3, 0.4) is 0 Å². The fourth-order valence-corrected chi connectivity index (χ4v) is 5.01. The Morgan fingerprint density at radius 2 is 1.52 bits per heavy atom. The van der Waals surface area contributed by atoms with Gasteiger partial charge in [0.1, 0.15) is 11.5 Å². The van der Waals surface area contributed by atoms with E-state index in [0.717, 1.165) is 26.2 Å². The van der Waals surface area contributed by atoms with Gasteiger partial charge < -0.3 is 14.8 Å². The van der Waals surface area contributed by atoms with Crippen molar-refractivity contribution in [3.05, 3.63) is 77.9 Å². The van der Waals surface area contributed by atoms with Crippen LogP contribution >= 0.6 is 0 Å². The standard InChI is InChI=1S/C27H29N3O3/c1-32-19-11-12-25(33-2)24(17-19)28-26(31)18-29-13-15-30(16-14-29)27-22-9-5-3-7-20(22)21-8-4-6-10-23(21)27/h3-12,17,27H,13-16,18H2,1-2H3,(H,28,31). The molecule has 1 N–H and O–H groups in total. The van der Waals surface area contributed by atoms with Crippen LogP contribution in [-0.4, -0.2) is 62.7 Å². The zero-order valence-corrected chi connectivity index (χ0v) is 19.1. The number of carbonyl (C=O) groups is 1. The number of carbonyl (C=O) groups excluding carboxylic acids is 1. The topological polar surface area (TPSA) is 54.0 Å². The number of ether oxygens (including phenoxy) is 2. The molecule has 1 heterocycles. The number of nitrogens with one attached hydrogen (secondary N) is 1. The quantitative estimate of drug-likeness (QED) is 0.624. The molecule has 2 aliphatic rings. The first kappa shape index (κ1) is 21.5. The van der Waals surface area contributed by atoms with E-state index >= 15 is 0 Å². The maximum absolute atomic E-state index is 12.8. The van der Waals surface area contributed by atoms with Crippen LogP contribution in [-0.2, 0) is 4.79 Å². The molecular formula is C27H29N3O3. The lowest BCUT2D eigenvalue weighted by molar-refractivity contribution is -0.117. The first-order chi connectivity index (χ1) is 16.2. The molecule has 170 valence electrons. The third-order valence-corrected chi connectivity index (χ3v) is 6.62. The van der Waals surface area contributed by atoms with Gasteiger partial charge in [-0.2, -0.15) is 0 Å². The Bertz CT molecular complexity index is 1110. The van der Waals surface area contributed by atoms with Gasteiger partial charge in [-0.3, -0.25) is 14.6 Å². The molecule has 6 heteroatoms. The largest absolute Gasteiger partial charge is 0.497 e. The minimum Gasteiger partial charge on any atom is -0.497 e. The minimum atomic E-state index is -0.0495. The van der Waals surface area contributed by atoms with Crippen molar-refractivity contribution in [1.82, 2.24) is 9.80 Å². The Kier molecular flexibility index (Phi) is 6.03. The van der Waals surface area contributed by atoms with Crippen molar-refractivity contribution in [2.75, 3.05) is 52.3 Å². The van der Waals surface area contributed by atoms with Gasteiger partial charge in [0, 0.05) is 32.2 Å². The van der Waals surface area contributed by atoms with Crippen LogP contribution in [0.15, 0.2) is 66.7 Å². The number of piperazine rings is 1. The SMILES string of the molecule is COc1ccc(OC)c(NC(=O)CN2CCN(C3c4ccccc4-c4ccccc43)CC2)c1. The fraction of sp³-hybridized carbons (Fsp3) is 0.296. The summed E-state index contributed by atoms with van der Waals surface area (Å²) >= 11 is 0. The van der Waals surface area contributed by atoms with E-state index in [1.807, 2.05) is 6.07 Å². The van der Waals surface area contributed by atoms with Crippen LogP contribution in [0.1, 0.15) is 17.2 Å². The fourth-order valence-electron chi connectivity index (χ4n) is 5.01. The molecule has 3 aromatic carbocycles. The molecule has 0 atom stereocenters. The number of nitrogens with zero attached hydrogens (tertiary/aromatic N) is 2. The Morgan fingerprint density at radius 1 is 0.879 bits per heavy atom. The van der Waals surface area contributed by atoms with Crippen molar-refractivity contribution < 1.29 is 14.3 Å². The monoisotopic (exact) mass is 443 g/mol. The number of hydrogen-bond acceptors (Lipinski definition) is 5. The van der Waals surface area contributed by atoms with Crippen molar-refractivity contribution in [3.63, 3.8) is 0 Å². The van der Waals surface area contributed by atoms with Gasteiger partial charge in [-0.25, -0.2) is 0 Å². The zero-order valence-electron chi connectivity index (χ0n) is 19.1. The van der Waals surface area contributed by atoms with Gasteiger partial charge in [-0.05, 0) is 34.4 Å². The average Bonchev–Trinajstić information content (AvgIpc) is 3.19. The second kappa shape index (κ2) is 9.25. The van der Waals surface area contributed by atoms with E-state index in [1.165, 1.54) is 22.3 Å². The third kappa shape index (κ3) is 4.19. The lowest BCUT2D eigenvalue weighted by atomic mass is 10.0. The van der Waals surface area contributed by atoms with E-state index in [1.54, 1.807) is 26.4 Å². The smallest absolute Gasteiger partial charge is 0.238 e.